The van der Waals surface area contributed by atoms with E-state index in [4.69, 9.17) is 5.73 Å². The molecule has 15 N–H and O–H groups in total. The van der Waals surface area contributed by atoms with Gasteiger partial charge in [-0.1, -0.05) is 40.5 Å². The quantitative estimate of drug-likeness (QED) is 0.0311. The first-order valence-electron chi connectivity index (χ1n) is 21.3. The second kappa shape index (κ2) is 29.6. The molecule has 67 heavy (non-hydrogen) atoms. The highest BCUT2D eigenvalue weighted by Gasteiger charge is 2.36. The molecule has 0 rings (SSSR count). The smallest absolute Gasteiger partial charge is 0.326 e. The molecule has 0 saturated heterocycles. The van der Waals surface area contributed by atoms with E-state index in [9.17, 15) is 87.9 Å². The molecule has 27 heteroatoms. The number of rotatable bonds is 32. The Bertz CT molecular complexity index is 1830. The van der Waals surface area contributed by atoms with Crippen molar-refractivity contribution in [1.82, 2.24) is 42.5 Å². The largest absolute Gasteiger partial charge is 0.481 e. The van der Waals surface area contributed by atoms with Crippen LogP contribution in [0.1, 0.15) is 106 Å². The molecule has 0 saturated carbocycles. The summed E-state index contributed by atoms with van der Waals surface area (Å²) in [5.74, 6) is -17.3. The third-order valence-corrected chi connectivity index (χ3v) is 10.3. The highest BCUT2D eigenvalue weighted by atomic mass is 16.4. The van der Waals surface area contributed by atoms with Crippen molar-refractivity contribution in [1.29, 1.82) is 0 Å². The maximum atomic E-state index is 13.8. The van der Waals surface area contributed by atoms with Crippen molar-refractivity contribution in [3.8, 4) is 0 Å². The number of hydrogen-bond acceptors (Lipinski definition) is 14. The minimum atomic E-state index is -1.96. The molecule has 0 aromatic heterocycles. The molecule has 0 radical (unpaired) electrons. The highest BCUT2D eigenvalue weighted by Crippen LogP contribution is 2.12. The fourth-order valence-electron chi connectivity index (χ4n) is 5.80. The van der Waals surface area contributed by atoms with Gasteiger partial charge in [-0.2, -0.15) is 0 Å². The Labute approximate surface area is 385 Å². The van der Waals surface area contributed by atoms with Gasteiger partial charge in [0.2, 0.25) is 47.3 Å². The molecule has 0 aliphatic rings. The summed E-state index contributed by atoms with van der Waals surface area (Å²) in [7, 11) is 0. The fraction of sp³-hybridized carbons (Fsp3) is 0.675. The number of hydrogen-bond donors (Lipinski definition) is 14. The zero-order valence-electron chi connectivity index (χ0n) is 38.3. The van der Waals surface area contributed by atoms with E-state index in [1.165, 1.54) is 27.7 Å². The van der Waals surface area contributed by atoms with Gasteiger partial charge in [0.25, 0.3) is 0 Å². The molecule has 0 fully saturated rings. The lowest BCUT2D eigenvalue weighted by molar-refractivity contribution is -0.145. The molecule has 8 amide bonds. The summed E-state index contributed by atoms with van der Waals surface area (Å²) < 4.78 is 0. The van der Waals surface area contributed by atoms with Gasteiger partial charge in [0, 0.05) is 19.3 Å². The lowest BCUT2D eigenvalue weighted by atomic mass is 9.97. The van der Waals surface area contributed by atoms with E-state index in [-0.39, 0.29) is 12.8 Å². The van der Waals surface area contributed by atoms with Crippen molar-refractivity contribution in [2.24, 2.45) is 17.6 Å². The number of carboxylic acids is 5. The van der Waals surface area contributed by atoms with Crippen molar-refractivity contribution < 1.29 is 87.9 Å². The summed E-state index contributed by atoms with van der Waals surface area (Å²) in [5, 5.41) is 65.3. The Balaban J connectivity index is 6.64. The third-order valence-electron chi connectivity index (χ3n) is 10.3. The van der Waals surface area contributed by atoms with E-state index < -0.39 is 188 Å². The first kappa shape index (κ1) is 60.1. The number of nitrogens with one attached hydrogen (secondary N) is 8. The lowest BCUT2D eigenvalue weighted by Crippen LogP contribution is -2.61. The molecule has 11 atom stereocenters. The van der Waals surface area contributed by atoms with E-state index in [0.717, 1.165) is 0 Å². The number of nitrogens with two attached hydrogens (primary N) is 1. The van der Waals surface area contributed by atoms with E-state index in [2.05, 4.69) is 42.5 Å². The first-order chi connectivity index (χ1) is 31.1. The highest BCUT2D eigenvalue weighted by molar-refractivity contribution is 5.98. The van der Waals surface area contributed by atoms with Crippen molar-refractivity contribution in [2.45, 2.75) is 161 Å². The summed E-state index contributed by atoms with van der Waals surface area (Å²) >= 11 is 0. The van der Waals surface area contributed by atoms with Crippen LogP contribution in [-0.2, 0) is 62.3 Å². The Morgan fingerprint density at radius 3 is 1.04 bits per heavy atom. The molecular weight excluding hydrogens is 894 g/mol. The Kier molecular flexibility index (Phi) is 26.5. The Morgan fingerprint density at radius 2 is 0.701 bits per heavy atom. The second-order valence-corrected chi connectivity index (χ2v) is 16.0. The minimum absolute atomic E-state index is 0.252. The van der Waals surface area contributed by atoms with Crippen LogP contribution in [0.15, 0.2) is 0 Å². The molecule has 0 spiro atoms. The van der Waals surface area contributed by atoms with Gasteiger partial charge >= 0.3 is 29.8 Å². The summed E-state index contributed by atoms with van der Waals surface area (Å²) in [5.41, 5.74) is 5.50. The molecule has 0 heterocycles. The summed E-state index contributed by atoms with van der Waals surface area (Å²) in [6, 6.07) is -13.8. The SMILES string of the molecule is CC[C@H](C)[C@H](NC(=O)[C@H](CC(=O)O)NC(=O)[C@H](CCC(=O)O)NC(=O)[C@H](CCC(=O)O)NC(=O)[C@H](CCC(=O)O)NC(=O)[C@@H](NC(=O)[C@H](C)NC(=O)[C@H](C)NC(=O)[C@H](C)N)[C@@H](C)CC)C(=O)O. The minimum Gasteiger partial charge on any atom is -0.481 e. The molecule has 0 unspecified atom stereocenters. The Hall–Kier alpha value is -6.93. The fourth-order valence-corrected chi connectivity index (χ4v) is 5.80. The van der Waals surface area contributed by atoms with Crippen molar-refractivity contribution in [3.63, 3.8) is 0 Å². The van der Waals surface area contributed by atoms with Gasteiger partial charge in [-0.15, -0.1) is 0 Å². The molecule has 0 aromatic rings. The zero-order chi connectivity index (χ0) is 51.9. The molecule has 378 valence electrons. The number of aliphatic carboxylic acids is 5. The van der Waals surface area contributed by atoms with Gasteiger partial charge in [0.15, 0.2) is 0 Å². The van der Waals surface area contributed by atoms with Crippen LogP contribution in [0.5, 0.6) is 0 Å². The monoisotopic (exact) mass is 959 g/mol. The van der Waals surface area contributed by atoms with Crippen LogP contribution in [-0.4, -0.2) is 157 Å². The zero-order valence-corrected chi connectivity index (χ0v) is 38.3. The maximum Gasteiger partial charge on any atom is 0.326 e. The van der Waals surface area contributed by atoms with Gasteiger partial charge in [0.1, 0.15) is 48.3 Å². The summed E-state index contributed by atoms with van der Waals surface area (Å²) in [6.07, 6.45) is -5.02. The van der Waals surface area contributed by atoms with Crippen LogP contribution in [0, 0.1) is 11.8 Å². The first-order valence-corrected chi connectivity index (χ1v) is 21.3. The van der Waals surface area contributed by atoms with Gasteiger partial charge in [-0.25, -0.2) is 4.79 Å². The predicted octanol–water partition coefficient (Wildman–Crippen LogP) is -3.50. The topological polar surface area (TPSA) is 445 Å². The summed E-state index contributed by atoms with van der Waals surface area (Å²) in [6.45, 7) is 10.3. The van der Waals surface area contributed by atoms with Crippen LogP contribution in [0.3, 0.4) is 0 Å². The van der Waals surface area contributed by atoms with E-state index in [1.807, 2.05) is 0 Å². The van der Waals surface area contributed by atoms with Gasteiger partial charge < -0.3 is 73.8 Å². The number of carbonyl (C=O) groups is 13. The molecule has 0 aliphatic heterocycles. The van der Waals surface area contributed by atoms with Crippen molar-refractivity contribution in [2.75, 3.05) is 0 Å². The van der Waals surface area contributed by atoms with Gasteiger partial charge in [0.05, 0.1) is 12.5 Å². The lowest BCUT2D eigenvalue weighted by Gasteiger charge is -2.29. The van der Waals surface area contributed by atoms with Gasteiger partial charge in [-0.05, 0) is 51.9 Å². The maximum absolute atomic E-state index is 13.8. The van der Waals surface area contributed by atoms with E-state index in [0.29, 0.717) is 0 Å². The second-order valence-electron chi connectivity index (χ2n) is 16.0. The molecular formula is C40H65N9O18. The van der Waals surface area contributed by atoms with Crippen molar-refractivity contribution in [3.05, 3.63) is 0 Å². The van der Waals surface area contributed by atoms with E-state index >= 15 is 0 Å². The van der Waals surface area contributed by atoms with Crippen LogP contribution in [0.2, 0.25) is 0 Å². The summed E-state index contributed by atoms with van der Waals surface area (Å²) in [4.78, 5) is 164. The van der Waals surface area contributed by atoms with Crippen molar-refractivity contribution >= 4 is 77.1 Å². The predicted molar refractivity (Wildman–Crippen MR) is 230 cm³/mol. The third kappa shape index (κ3) is 22.7. The van der Waals surface area contributed by atoms with Crippen LogP contribution in [0.4, 0.5) is 0 Å². The number of carbonyl (C=O) groups excluding carboxylic acids is 8. The van der Waals surface area contributed by atoms with E-state index in [1.54, 1.807) is 20.8 Å². The van der Waals surface area contributed by atoms with Crippen LogP contribution < -0.4 is 48.3 Å². The number of amides is 8. The molecule has 0 bridgehead atoms. The average molecular weight is 960 g/mol. The standard InChI is InChI=1S/C40H65N9O18/c1-8-17(3)30(48-34(60)21(7)43-33(59)20(6)42-32(58)19(5)41)39(65)46-24(12-15-28(54)55)36(62)44-22(10-13-26(50)51)35(61)45-23(11-14-27(52)53)37(63)47-25(16-29(56)57)38(64)49-31(40(66)67)18(4)9-2/h17-25,30-31H,8-16,41H2,1-7H3,(H,42,58)(H,43,59)(H,44,62)(H,45,61)(H,46,65)(H,47,63)(H,48,60)(H,49,64)(H,50,51)(H,52,53)(H,54,55)(H,56,57)(H,66,67)/t17-,18-,19-,20-,21-,22-,23-,24-,25-,30-,31-/m0/s1. The van der Waals surface area contributed by atoms with Gasteiger partial charge in [-0.3, -0.25) is 57.5 Å². The molecule has 27 nitrogen and oxygen atoms in total. The Morgan fingerprint density at radius 1 is 0.388 bits per heavy atom. The van der Waals surface area contributed by atoms with Crippen LogP contribution in [0.25, 0.3) is 0 Å². The molecule has 0 aromatic carbocycles. The molecule has 0 aliphatic carbocycles. The van der Waals surface area contributed by atoms with Crippen LogP contribution >= 0.6 is 0 Å². The average Bonchev–Trinajstić information content (AvgIpc) is 3.23. The normalized spacial score (nSPS) is 15.8. The number of carboxylic acid groups (broad SMARTS) is 5.